The second-order valence-corrected chi connectivity index (χ2v) is 6.40. The van der Waals surface area contributed by atoms with Gasteiger partial charge in [-0.2, -0.15) is 0 Å². The van der Waals surface area contributed by atoms with E-state index in [4.69, 9.17) is 10.5 Å². The van der Waals surface area contributed by atoms with E-state index in [1.165, 1.54) is 12.1 Å². The monoisotopic (exact) mass is 377 g/mol. The predicted molar refractivity (Wildman–Crippen MR) is 112 cm³/mol. The van der Waals surface area contributed by atoms with Gasteiger partial charge in [0.05, 0.1) is 0 Å². The van der Waals surface area contributed by atoms with Crippen molar-refractivity contribution >= 4 is 11.1 Å². The molecule has 0 unspecified atom stereocenters. The number of hydrogen-bond acceptors (Lipinski definition) is 3. The average molecular weight is 377 g/mol. The molecule has 3 aromatic carbocycles. The molecule has 3 aromatic rings. The van der Waals surface area contributed by atoms with Crippen molar-refractivity contribution in [2.24, 2.45) is 5.73 Å². The summed E-state index contributed by atoms with van der Waals surface area (Å²) in [6, 6.07) is 22.3. The summed E-state index contributed by atoms with van der Waals surface area (Å²) >= 11 is 0. The number of benzene rings is 3. The van der Waals surface area contributed by atoms with E-state index in [0.717, 1.165) is 34.4 Å². The van der Waals surface area contributed by atoms with Crippen molar-refractivity contribution in [1.82, 2.24) is 0 Å². The molecule has 0 saturated heterocycles. The van der Waals surface area contributed by atoms with Crippen molar-refractivity contribution in [3.05, 3.63) is 95.3 Å². The SMILES string of the molecule is CCC(=C(c1ccc(OCCN)cc1)c1ccc(O)c(F)c1)c1ccccc1. The molecule has 0 fully saturated rings. The van der Waals surface area contributed by atoms with Crippen molar-refractivity contribution in [2.45, 2.75) is 13.3 Å². The average Bonchev–Trinajstić information content (AvgIpc) is 2.74. The van der Waals surface area contributed by atoms with Crippen molar-refractivity contribution in [1.29, 1.82) is 0 Å². The Morgan fingerprint density at radius 1 is 0.929 bits per heavy atom. The summed E-state index contributed by atoms with van der Waals surface area (Å²) in [7, 11) is 0. The topological polar surface area (TPSA) is 55.5 Å². The fraction of sp³-hybridized carbons (Fsp3) is 0.167. The minimum atomic E-state index is -0.638. The second-order valence-electron chi connectivity index (χ2n) is 6.40. The lowest BCUT2D eigenvalue weighted by Gasteiger charge is -2.17. The molecule has 0 aliphatic rings. The zero-order valence-corrected chi connectivity index (χ0v) is 15.9. The third kappa shape index (κ3) is 4.41. The van der Waals surface area contributed by atoms with Gasteiger partial charge in [0.2, 0.25) is 0 Å². The smallest absolute Gasteiger partial charge is 0.165 e. The van der Waals surface area contributed by atoms with Crippen LogP contribution in [0.15, 0.2) is 72.8 Å². The molecule has 0 bridgehead atoms. The van der Waals surface area contributed by atoms with Gasteiger partial charge in [0.1, 0.15) is 12.4 Å². The number of aromatic hydroxyl groups is 1. The minimum Gasteiger partial charge on any atom is -0.505 e. The molecule has 28 heavy (non-hydrogen) atoms. The van der Waals surface area contributed by atoms with Crippen LogP contribution in [0.25, 0.3) is 11.1 Å². The van der Waals surface area contributed by atoms with E-state index in [1.807, 2.05) is 54.6 Å². The first-order chi connectivity index (χ1) is 13.6. The first-order valence-corrected chi connectivity index (χ1v) is 9.34. The van der Waals surface area contributed by atoms with Crippen LogP contribution in [0.5, 0.6) is 11.5 Å². The molecule has 0 spiro atoms. The maximum Gasteiger partial charge on any atom is 0.165 e. The molecular formula is C24H24FNO2. The van der Waals surface area contributed by atoms with E-state index >= 15 is 0 Å². The molecule has 0 aliphatic carbocycles. The van der Waals surface area contributed by atoms with E-state index in [1.54, 1.807) is 6.07 Å². The van der Waals surface area contributed by atoms with E-state index < -0.39 is 5.82 Å². The van der Waals surface area contributed by atoms with Gasteiger partial charge in [-0.15, -0.1) is 0 Å². The van der Waals surface area contributed by atoms with Gasteiger partial charge in [0.15, 0.2) is 11.6 Å². The Bertz CT molecular complexity index is 950. The molecule has 0 heterocycles. The molecular weight excluding hydrogens is 353 g/mol. The first-order valence-electron chi connectivity index (χ1n) is 9.34. The van der Waals surface area contributed by atoms with Crippen molar-refractivity contribution < 1.29 is 14.2 Å². The largest absolute Gasteiger partial charge is 0.505 e. The predicted octanol–water partition coefficient (Wildman–Crippen LogP) is 5.24. The lowest BCUT2D eigenvalue weighted by Crippen LogP contribution is -2.10. The molecule has 0 aliphatic heterocycles. The quantitative estimate of drug-likeness (QED) is 0.554. The van der Waals surface area contributed by atoms with Crippen LogP contribution in [0.2, 0.25) is 0 Å². The van der Waals surface area contributed by atoms with Crippen LogP contribution >= 0.6 is 0 Å². The molecule has 4 heteroatoms. The van der Waals surface area contributed by atoms with Crippen LogP contribution in [0.4, 0.5) is 4.39 Å². The fourth-order valence-electron chi connectivity index (χ4n) is 3.24. The van der Waals surface area contributed by atoms with Crippen molar-refractivity contribution in [3.63, 3.8) is 0 Å². The van der Waals surface area contributed by atoms with Crippen LogP contribution in [0.3, 0.4) is 0 Å². The second kappa shape index (κ2) is 9.20. The van der Waals surface area contributed by atoms with Crippen LogP contribution in [0.1, 0.15) is 30.0 Å². The van der Waals surface area contributed by atoms with Gasteiger partial charge in [-0.05, 0) is 58.5 Å². The molecule has 0 aromatic heterocycles. The van der Waals surface area contributed by atoms with Gasteiger partial charge in [-0.25, -0.2) is 4.39 Å². The summed E-state index contributed by atoms with van der Waals surface area (Å²) < 4.78 is 19.7. The Morgan fingerprint density at radius 3 is 2.21 bits per heavy atom. The van der Waals surface area contributed by atoms with Crippen LogP contribution in [0, 0.1) is 5.82 Å². The van der Waals surface area contributed by atoms with E-state index in [0.29, 0.717) is 18.7 Å². The Labute approximate surface area is 164 Å². The Kier molecular flexibility index (Phi) is 6.45. The number of phenols is 1. The number of allylic oxidation sites excluding steroid dienone is 1. The summed E-state index contributed by atoms with van der Waals surface area (Å²) in [5, 5.41) is 9.61. The van der Waals surface area contributed by atoms with Gasteiger partial charge in [0.25, 0.3) is 0 Å². The first kappa shape index (κ1) is 19.6. The highest BCUT2D eigenvalue weighted by Gasteiger charge is 2.15. The maximum absolute atomic E-state index is 14.1. The zero-order chi connectivity index (χ0) is 19.9. The van der Waals surface area contributed by atoms with E-state index in [9.17, 15) is 9.50 Å². The lowest BCUT2D eigenvalue weighted by molar-refractivity contribution is 0.328. The molecule has 3 rings (SSSR count). The van der Waals surface area contributed by atoms with Crippen LogP contribution in [-0.4, -0.2) is 18.3 Å². The zero-order valence-electron chi connectivity index (χ0n) is 15.9. The summed E-state index contributed by atoms with van der Waals surface area (Å²) in [4.78, 5) is 0. The highest BCUT2D eigenvalue weighted by Crippen LogP contribution is 2.36. The normalized spacial score (nSPS) is 11.8. The van der Waals surface area contributed by atoms with Gasteiger partial charge in [-0.1, -0.05) is 55.5 Å². The van der Waals surface area contributed by atoms with Crippen molar-refractivity contribution in [2.75, 3.05) is 13.2 Å². The summed E-state index contributed by atoms with van der Waals surface area (Å²) in [6.07, 6.45) is 0.771. The van der Waals surface area contributed by atoms with Gasteiger partial charge in [0, 0.05) is 6.54 Å². The minimum absolute atomic E-state index is 0.355. The Hall–Kier alpha value is -3.11. The molecule has 144 valence electrons. The molecule has 3 N–H and O–H groups in total. The highest BCUT2D eigenvalue weighted by molar-refractivity contribution is 5.98. The Balaban J connectivity index is 2.16. The van der Waals surface area contributed by atoms with E-state index in [-0.39, 0.29) is 5.75 Å². The van der Waals surface area contributed by atoms with Gasteiger partial charge >= 0.3 is 0 Å². The van der Waals surface area contributed by atoms with E-state index in [2.05, 4.69) is 6.92 Å². The number of nitrogens with two attached hydrogens (primary N) is 1. The van der Waals surface area contributed by atoms with Gasteiger partial charge < -0.3 is 15.6 Å². The third-order valence-electron chi connectivity index (χ3n) is 4.54. The molecule has 0 radical (unpaired) electrons. The molecule has 0 saturated carbocycles. The number of ether oxygens (including phenoxy) is 1. The summed E-state index contributed by atoms with van der Waals surface area (Å²) in [5.74, 6) is -0.254. The third-order valence-corrected chi connectivity index (χ3v) is 4.54. The fourth-order valence-corrected chi connectivity index (χ4v) is 3.24. The Morgan fingerprint density at radius 2 is 1.61 bits per heavy atom. The maximum atomic E-state index is 14.1. The standard InChI is InChI=1S/C24H24FNO2/c1-2-21(17-6-4-3-5-7-17)24(19-10-13-23(27)22(25)16-19)18-8-11-20(12-9-18)28-15-14-26/h3-13,16,27H,2,14-15,26H2,1H3. The van der Waals surface area contributed by atoms with Crippen LogP contribution < -0.4 is 10.5 Å². The molecule has 3 nitrogen and oxygen atoms in total. The van der Waals surface area contributed by atoms with Crippen molar-refractivity contribution in [3.8, 4) is 11.5 Å². The number of rotatable bonds is 7. The summed E-state index contributed by atoms with van der Waals surface area (Å²) in [5.41, 5.74) is 10.3. The lowest BCUT2D eigenvalue weighted by atomic mass is 9.88. The number of hydrogen-bond donors (Lipinski definition) is 2. The number of halogens is 1. The highest BCUT2D eigenvalue weighted by atomic mass is 19.1. The number of phenolic OH excluding ortho intramolecular Hbond substituents is 1. The van der Waals surface area contributed by atoms with Crippen LogP contribution in [-0.2, 0) is 0 Å². The molecule has 0 amide bonds. The summed E-state index contributed by atoms with van der Waals surface area (Å²) in [6.45, 7) is 2.99. The van der Waals surface area contributed by atoms with Gasteiger partial charge in [-0.3, -0.25) is 0 Å². The molecule has 0 atom stereocenters.